The maximum atomic E-state index is 12.9. The van der Waals surface area contributed by atoms with Gasteiger partial charge in [-0.3, -0.25) is 4.79 Å². The lowest BCUT2D eigenvalue weighted by atomic mass is 9.59. The van der Waals surface area contributed by atoms with Gasteiger partial charge in [-0.05, 0) is 32.1 Å². The SMILES string of the molecule is O=C1OC2(CCCCC2)CC12CC1OC2C2C3C=CC(O3)C12. The van der Waals surface area contributed by atoms with Gasteiger partial charge in [0.05, 0.1) is 24.4 Å². The van der Waals surface area contributed by atoms with Gasteiger partial charge in [-0.1, -0.05) is 18.6 Å². The van der Waals surface area contributed by atoms with Crippen molar-refractivity contribution in [3.63, 3.8) is 0 Å². The normalized spacial score (nSPS) is 56.3. The van der Waals surface area contributed by atoms with Crippen molar-refractivity contribution in [2.45, 2.75) is 75.0 Å². The highest BCUT2D eigenvalue weighted by Gasteiger charge is 2.74. The molecule has 5 aliphatic heterocycles. The van der Waals surface area contributed by atoms with Crippen molar-refractivity contribution in [2.75, 3.05) is 0 Å². The second kappa shape index (κ2) is 3.78. The van der Waals surface area contributed by atoms with E-state index in [4.69, 9.17) is 14.2 Å². The van der Waals surface area contributed by atoms with E-state index in [-0.39, 0.29) is 41.4 Å². The predicted molar refractivity (Wildman–Crippen MR) is 77.0 cm³/mol. The third-order valence-corrected chi connectivity index (χ3v) is 7.34. The second-order valence-corrected chi connectivity index (χ2v) is 8.37. The molecule has 0 amide bonds. The van der Waals surface area contributed by atoms with Crippen LogP contribution in [0.15, 0.2) is 12.2 Å². The molecule has 118 valence electrons. The number of hydrogen-bond acceptors (Lipinski definition) is 4. The van der Waals surface area contributed by atoms with E-state index in [2.05, 4.69) is 12.2 Å². The van der Waals surface area contributed by atoms with Crippen LogP contribution in [-0.4, -0.2) is 36.0 Å². The topological polar surface area (TPSA) is 44.8 Å². The third-order valence-electron chi connectivity index (χ3n) is 7.34. The van der Waals surface area contributed by atoms with Crippen LogP contribution in [0, 0.1) is 17.3 Å². The highest BCUT2D eigenvalue weighted by atomic mass is 16.6. The molecular formula is C18H22O4. The first-order chi connectivity index (χ1) is 10.7. The standard InChI is InChI=1S/C18H22O4/c19-16-18(9-17(22-16)6-2-1-3-7-17)8-12-13-10-4-5-11(20-10)14(13)15(18)21-12/h4-5,10-15H,1-3,6-9H2. The fourth-order valence-electron chi connectivity index (χ4n) is 6.56. The summed E-state index contributed by atoms with van der Waals surface area (Å²) in [7, 11) is 0. The van der Waals surface area contributed by atoms with Gasteiger partial charge in [-0.15, -0.1) is 0 Å². The van der Waals surface area contributed by atoms with E-state index in [0.29, 0.717) is 11.8 Å². The van der Waals surface area contributed by atoms with E-state index < -0.39 is 0 Å². The number of rotatable bonds is 0. The average Bonchev–Trinajstić information content (AvgIpc) is 3.28. The molecule has 4 bridgehead atoms. The van der Waals surface area contributed by atoms with Gasteiger partial charge in [0.2, 0.25) is 0 Å². The summed E-state index contributed by atoms with van der Waals surface area (Å²) in [6.45, 7) is 0. The maximum Gasteiger partial charge on any atom is 0.315 e. The molecule has 7 atom stereocenters. The molecular weight excluding hydrogens is 280 g/mol. The summed E-state index contributed by atoms with van der Waals surface area (Å²) < 4.78 is 18.4. The Hall–Kier alpha value is -0.870. The van der Waals surface area contributed by atoms with Crippen molar-refractivity contribution in [3.05, 3.63) is 12.2 Å². The van der Waals surface area contributed by atoms with Gasteiger partial charge >= 0.3 is 5.97 Å². The van der Waals surface area contributed by atoms with Crippen molar-refractivity contribution in [1.82, 2.24) is 0 Å². The summed E-state index contributed by atoms with van der Waals surface area (Å²) in [5.41, 5.74) is -0.544. The zero-order valence-electron chi connectivity index (χ0n) is 12.7. The van der Waals surface area contributed by atoms with Gasteiger partial charge in [0, 0.05) is 18.3 Å². The Kier molecular flexibility index (Phi) is 2.16. The number of carbonyl (C=O) groups excluding carboxylic acids is 1. The van der Waals surface area contributed by atoms with E-state index in [0.717, 1.165) is 25.7 Å². The number of esters is 1. The van der Waals surface area contributed by atoms with Crippen molar-refractivity contribution in [3.8, 4) is 0 Å². The lowest BCUT2D eigenvalue weighted by Gasteiger charge is -2.37. The Morgan fingerprint density at radius 2 is 1.77 bits per heavy atom. The molecule has 5 heterocycles. The molecule has 6 rings (SSSR count). The van der Waals surface area contributed by atoms with Gasteiger partial charge in [0.25, 0.3) is 0 Å². The number of ether oxygens (including phenoxy) is 3. The van der Waals surface area contributed by atoms with Crippen molar-refractivity contribution < 1.29 is 19.0 Å². The molecule has 4 nitrogen and oxygen atoms in total. The highest BCUT2D eigenvalue weighted by molar-refractivity contribution is 5.81. The van der Waals surface area contributed by atoms with Crippen LogP contribution in [0.1, 0.15) is 44.9 Å². The average molecular weight is 302 g/mol. The zero-order chi connectivity index (χ0) is 14.5. The monoisotopic (exact) mass is 302 g/mol. The maximum absolute atomic E-state index is 12.9. The fraction of sp³-hybridized carbons (Fsp3) is 0.833. The molecule has 7 unspecified atom stereocenters. The van der Waals surface area contributed by atoms with Gasteiger partial charge in [-0.2, -0.15) is 0 Å². The molecule has 0 radical (unpaired) electrons. The molecule has 0 N–H and O–H groups in total. The number of carbonyl (C=O) groups is 1. The largest absolute Gasteiger partial charge is 0.459 e. The minimum atomic E-state index is -0.370. The van der Waals surface area contributed by atoms with E-state index >= 15 is 0 Å². The van der Waals surface area contributed by atoms with Crippen molar-refractivity contribution >= 4 is 5.97 Å². The lowest BCUT2D eigenvalue weighted by Crippen LogP contribution is -2.48. The minimum Gasteiger partial charge on any atom is -0.459 e. The first kappa shape index (κ1) is 12.5. The molecule has 6 aliphatic rings. The molecule has 2 spiro atoms. The lowest BCUT2D eigenvalue weighted by molar-refractivity contribution is -0.158. The van der Waals surface area contributed by atoms with E-state index in [9.17, 15) is 4.79 Å². The Morgan fingerprint density at radius 3 is 2.59 bits per heavy atom. The van der Waals surface area contributed by atoms with E-state index in [1.165, 1.54) is 19.3 Å². The third kappa shape index (κ3) is 1.28. The molecule has 5 fully saturated rings. The van der Waals surface area contributed by atoms with Crippen LogP contribution in [0.3, 0.4) is 0 Å². The Balaban J connectivity index is 1.37. The predicted octanol–water partition coefficient (Wildman–Crippen LogP) is 2.36. The fourth-order valence-corrected chi connectivity index (χ4v) is 6.56. The zero-order valence-corrected chi connectivity index (χ0v) is 12.7. The van der Waals surface area contributed by atoms with Crippen LogP contribution in [0.5, 0.6) is 0 Å². The van der Waals surface area contributed by atoms with Gasteiger partial charge in [0.1, 0.15) is 11.0 Å². The molecule has 4 saturated heterocycles. The minimum absolute atomic E-state index is 0.0243. The van der Waals surface area contributed by atoms with Crippen LogP contribution in [0.4, 0.5) is 0 Å². The van der Waals surface area contributed by atoms with Crippen molar-refractivity contribution in [1.29, 1.82) is 0 Å². The van der Waals surface area contributed by atoms with Crippen molar-refractivity contribution in [2.24, 2.45) is 17.3 Å². The first-order valence-electron chi connectivity index (χ1n) is 8.94. The van der Waals surface area contributed by atoms with Gasteiger partial charge in [0.15, 0.2) is 0 Å². The molecule has 0 aromatic carbocycles. The van der Waals surface area contributed by atoms with Crippen LogP contribution in [-0.2, 0) is 19.0 Å². The van der Waals surface area contributed by atoms with Crippen LogP contribution in [0.25, 0.3) is 0 Å². The molecule has 1 saturated carbocycles. The summed E-state index contributed by atoms with van der Waals surface area (Å²) in [4.78, 5) is 12.9. The highest BCUT2D eigenvalue weighted by Crippen LogP contribution is 2.66. The van der Waals surface area contributed by atoms with Gasteiger partial charge < -0.3 is 14.2 Å². The second-order valence-electron chi connectivity index (χ2n) is 8.37. The Labute approximate surface area is 130 Å². The first-order valence-corrected chi connectivity index (χ1v) is 8.94. The van der Waals surface area contributed by atoms with Crippen LogP contribution >= 0.6 is 0 Å². The number of fused-ring (bicyclic) bond motifs is 10. The van der Waals surface area contributed by atoms with Crippen LogP contribution < -0.4 is 0 Å². The molecule has 22 heavy (non-hydrogen) atoms. The molecule has 0 aromatic heterocycles. The van der Waals surface area contributed by atoms with E-state index in [1.807, 2.05) is 0 Å². The van der Waals surface area contributed by atoms with Gasteiger partial charge in [-0.25, -0.2) is 0 Å². The van der Waals surface area contributed by atoms with Crippen LogP contribution in [0.2, 0.25) is 0 Å². The quantitative estimate of drug-likeness (QED) is 0.509. The summed E-state index contributed by atoms with van der Waals surface area (Å²) in [6, 6.07) is 0. The van der Waals surface area contributed by atoms with E-state index in [1.54, 1.807) is 0 Å². The Bertz CT molecular complexity index is 578. The smallest absolute Gasteiger partial charge is 0.315 e. The molecule has 1 aliphatic carbocycles. The molecule has 0 aromatic rings. The summed E-state index contributed by atoms with van der Waals surface area (Å²) in [5.74, 6) is 0.883. The summed E-state index contributed by atoms with van der Waals surface area (Å²) in [6.07, 6.45) is 12.5. The molecule has 4 heteroatoms. The number of hydrogen-bond donors (Lipinski definition) is 0. The summed E-state index contributed by atoms with van der Waals surface area (Å²) >= 11 is 0. The Morgan fingerprint density at radius 1 is 1.00 bits per heavy atom. The summed E-state index contributed by atoms with van der Waals surface area (Å²) in [5, 5.41) is 0.